The maximum Gasteiger partial charge on any atom is 0.100 e. The molecule has 3 atom stereocenters. The van der Waals surface area contributed by atoms with Crippen LogP contribution in [0.3, 0.4) is 0 Å². The number of fused-ring (bicyclic) bond motifs is 1. The van der Waals surface area contributed by atoms with E-state index in [-0.39, 0.29) is 12.2 Å². The molecule has 5 nitrogen and oxygen atoms in total. The second-order valence-corrected chi connectivity index (χ2v) is 6.54. The van der Waals surface area contributed by atoms with Crippen molar-refractivity contribution < 1.29 is 9.47 Å². The van der Waals surface area contributed by atoms with Crippen molar-refractivity contribution in [2.45, 2.75) is 44.2 Å². The molecule has 2 aromatic rings. The zero-order valence-electron chi connectivity index (χ0n) is 13.8. The molecule has 0 bridgehead atoms. The lowest BCUT2D eigenvalue weighted by molar-refractivity contribution is -0.0819. The van der Waals surface area contributed by atoms with Crippen LogP contribution in [0.25, 0.3) is 0 Å². The van der Waals surface area contributed by atoms with Crippen LogP contribution in [-0.4, -0.2) is 46.3 Å². The summed E-state index contributed by atoms with van der Waals surface area (Å²) in [6.45, 7) is 3.28. The molecule has 0 saturated carbocycles. The Morgan fingerprint density at radius 1 is 1.12 bits per heavy atom. The maximum absolute atomic E-state index is 6.22. The van der Waals surface area contributed by atoms with Gasteiger partial charge >= 0.3 is 0 Å². The Kier molecular flexibility index (Phi) is 4.83. The third kappa shape index (κ3) is 3.48. The molecule has 0 spiro atoms. The average Bonchev–Trinajstić information content (AvgIpc) is 3.00. The summed E-state index contributed by atoms with van der Waals surface area (Å²) in [4.78, 5) is 10.8. The van der Waals surface area contributed by atoms with Crippen LogP contribution in [0.5, 0.6) is 0 Å². The summed E-state index contributed by atoms with van der Waals surface area (Å²) < 4.78 is 12.3. The van der Waals surface area contributed by atoms with Crippen LogP contribution in [0.15, 0.2) is 49.1 Å². The Morgan fingerprint density at radius 3 is 2.88 bits per heavy atom. The molecule has 2 saturated heterocycles. The van der Waals surface area contributed by atoms with E-state index in [9.17, 15) is 0 Å². The Bertz CT molecular complexity index is 638. The number of hydrogen-bond acceptors (Lipinski definition) is 5. The van der Waals surface area contributed by atoms with Gasteiger partial charge in [-0.25, -0.2) is 0 Å². The van der Waals surface area contributed by atoms with Crippen LogP contribution in [0, 0.1) is 0 Å². The Labute approximate surface area is 142 Å². The van der Waals surface area contributed by atoms with Crippen LogP contribution in [0.1, 0.15) is 24.0 Å². The summed E-state index contributed by atoms with van der Waals surface area (Å²) in [6, 6.07) is 8.58. The molecule has 4 rings (SSSR count). The van der Waals surface area contributed by atoms with Crippen molar-refractivity contribution in [1.29, 1.82) is 0 Å². The molecule has 0 aliphatic carbocycles. The highest BCUT2D eigenvalue weighted by atomic mass is 16.5. The molecule has 2 aliphatic heterocycles. The third-order valence-electron chi connectivity index (χ3n) is 4.91. The fourth-order valence-electron chi connectivity index (χ4n) is 3.74. The van der Waals surface area contributed by atoms with Crippen molar-refractivity contribution >= 4 is 0 Å². The van der Waals surface area contributed by atoms with Gasteiger partial charge in [0.1, 0.15) is 6.10 Å². The van der Waals surface area contributed by atoms with E-state index in [2.05, 4.69) is 20.9 Å². The van der Waals surface area contributed by atoms with Crippen molar-refractivity contribution in [2.24, 2.45) is 0 Å². The molecule has 0 unspecified atom stereocenters. The minimum Gasteiger partial charge on any atom is -0.374 e. The summed E-state index contributed by atoms with van der Waals surface area (Å²) in [5, 5.41) is 0. The number of likely N-dealkylation sites (tertiary alicyclic amines) is 1. The second kappa shape index (κ2) is 7.38. The molecule has 4 heterocycles. The van der Waals surface area contributed by atoms with Gasteiger partial charge in [0.2, 0.25) is 0 Å². The lowest BCUT2D eigenvalue weighted by Gasteiger charge is -2.32. The number of rotatable bonds is 5. The summed E-state index contributed by atoms with van der Waals surface area (Å²) in [5.74, 6) is 0. The van der Waals surface area contributed by atoms with E-state index in [4.69, 9.17) is 9.47 Å². The fourth-order valence-corrected chi connectivity index (χ4v) is 3.74. The van der Waals surface area contributed by atoms with Crippen molar-refractivity contribution in [3.05, 3.63) is 60.2 Å². The van der Waals surface area contributed by atoms with E-state index in [0.717, 1.165) is 31.7 Å². The number of nitrogens with zero attached hydrogens (tertiary/aromatic N) is 3. The molecule has 0 amide bonds. The first kappa shape index (κ1) is 15.7. The lowest BCUT2D eigenvalue weighted by atomic mass is 10.0. The largest absolute Gasteiger partial charge is 0.374 e. The van der Waals surface area contributed by atoms with Gasteiger partial charge in [0.15, 0.2) is 0 Å². The molecule has 5 heteroatoms. The highest BCUT2D eigenvalue weighted by Crippen LogP contribution is 2.32. The van der Waals surface area contributed by atoms with Crippen molar-refractivity contribution in [3.8, 4) is 0 Å². The standard InChI is InChI=1S/C19H23N3O2/c1-3-16(11-21-7-1)12-22-13-18(19-17(22)4-2-10-23-19)24-14-15-5-8-20-9-6-15/h1,3,5-9,11,17-19H,2,4,10,12-14H2/t17-,18+,19+/m0/s1. The van der Waals surface area contributed by atoms with Gasteiger partial charge in [0.05, 0.1) is 12.7 Å². The van der Waals surface area contributed by atoms with Gasteiger partial charge in [-0.15, -0.1) is 0 Å². The Morgan fingerprint density at radius 2 is 2.04 bits per heavy atom. The first-order valence-corrected chi connectivity index (χ1v) is 8.65. The number of aromatic nitrogens is 2. The van der Waals surface area contributed by atoms with Gasteiger partial charge in [-0.3, -0.25) is 14.9 Å². The van der Waals surface area contributed by atoms with Crippen LogP contribution in [0.4, 0.5) is 0 Å². The molecule has 24 heavy (non-hydrogen) atoms. The topological polar surface area (TPSA) is 47.5 Å². The molecular weight excluding hydrogens is 302 g/mol. The predicted molar refractivity (Wildman–Crippen MR) is 90.2 cm³/mol. The third-order valence-corrected chi connectivity index (χ3v) is 4.91. The SMILES string of the molecule is c1cncc(CN2C[C@@H](OCc3ccncc3)[C@@H]3OCCC[C@@H]32)c1. The van der Waals surface area contributed by atoms with Crippen LogP contribution >= 0.6 is 0 Å². The minimum atomic E-state index is 0.125. The molecular formula is C19H23N3O2. The maximum atomic E-state index is 6.22. The summed E-state index contributed by atoms with van der Waals surface area (Å²) in [6.07, 6.45) is 9.99. The number of hydrogen-bond donors (Lipinski definition) is 0. The molecule has 2 fully saturated rings. The van der Waals surface area contributed by atoms with Gasteiger partial charge in [0, 0.05) is 50.5 Å². The average molecular weight is 325 g/mol. The normalized spacial score (nSPS) is 27.1. The van der Waals surface area contributed by atoms with E-state index < -0.39 is 0 Å². The van der Waals surface area contributed by atoms with E-state index in [1.165, 1.54) is 12.0 Å². The lowest BCUT2D eigenvalue weighted by Crippen LogP contribution is -2.41. The molecule has 2 aliphatic rings. The van der Waals surface area contributed by atoms with Gasteiger partial charge in [0.25, 0.3) is 0 Å². The number of ether oxygens (including phenoxy) is 2. The van der Waals surface area contributed by atoms with E-state index in [0.29, 0.717) is 12.6 Å². The van der Waals surface area contributed by atoms with E-state index in [1.54, 1.807) is 0 Å². The highest BCUT2D eigenvalue weighted by Gasteiger charge is 2.44. The summed E-state index contributed by atoms with van der Waals surface area (Å²) in [7, 11) is 0. The molecule has 0 aromatic carbocycles. The zero-order valence-corrected chi connectivity index (χ0v) is 13.8. The van der Waals surface area contributed by atoms with Crippen molar-refractivity contribution in [1.82, 2.24) is 14.9 Å². The van der Waals surface area contributed by atoms with Gasteiger partial charge in [-0.05, 0) is 42.2 Å². The second-order valence-electron chi connectivity index (χ2n) is 6.54. The molecule has 0 N–H and O–H groups in total. The van der Waals surface area contributed by atoms with E-state index in [1.807, 2.05) is 43.0 Å². The van der Waals surface area contributed by atoms with Gasteiger partial charge < -0.3 is 9.47 Å². The molecule has 126 valence electrons. The zero-order chi connectivity index (χ0) is 16.2. The quantitative estimate of drug-likeness (QED) is 0.845. The number of pyridine rings is 2. The van der Waals surface area contributed by atoms with Crippen molar-refractivity contribution in [3.63, 3.8) is 0 Å². The minimum absolute atomic E-state index is 0.125. The van der Waals surface area contributed by atoms with Gasteiger partial charge in [-0.1, -0.05) is 6.07 Å². The first-order chi connectivity index (χ1) is 11.9. The molecule has 0 radical (unpaired) electrons. The highest BCUT2D eigenvalue weighted by molar-refractivity contribution is 5.11. The summed E-state index contributed by atoms with van der Waals surface area (Å²) >= 11 is 0. The monoisotopic (exact) mass is 325 g/mol. The van der Waals surface area contributed by atoms with E-state index >= 15 is 0 Å². The Balaban J connectivity index is 1.43. The van der Waals surface area contributed by atoms with Crippen LogP contribution in [0.2, 0.25) is 0 Å². The Hall–Kier alpha value is -1.82. The van der Waals surface area contributed by atoms with Crippen molar-refractivity contribution in [2.75, 3.05) is 13.2 Å². The summed E-state index contributed by atoms with van der Waals surface area (Å²) in [5.41, 5.74) is 2.40. The fraction of sp³-hybridized carbons (Fsp3) is 0.474. The molecule has 2 aromatic heterocycles. The predicted octanol–water partition coefficient (Wildman–Crippen LogP) is 2.43. The smallest absolute Gasteiger partial charge is 0.100 e. The first-order valence-electron chi connectivity index (χ1n) is 8.65. The van der Waals surface area contributed by atoms with Gasteiger partial charge in [-0.2, -0.15) is 0 Å². The van der Waals surface area contributed by atoms with Crippen LogP contribution in [-0.2, 0) is 22.6 Å². The van der Waals surface area contributed by atoms with Crippen LogP contribution < -0.4 is 0 Å².